The van der Waals surface area contributed by atoms with E-state index in [1.807, 2.05) is 0 Å². The molecule has 1 aliphatic rings. The van der Waals surface area contributed by atoms with Gasteiger partial charge in [-0.2, -0.15) is 10.2 Å². The maximum atomic E-state index is 12.1. The van der Waals surface area contributed by atoms with Gasteiger partial charge in [-0.25, -0.2) is 0 Å². The molecule has 1 aliphatic heterocycles. The summed E-state index contributed by atoms with van der Waals surface area (Å²) >= 11 is 0. The lowest BCUT2D eigenvalue weighted by molar-refractivity contribution is -0.132. The lowest BCUT2D eigenvalue weighted by Crippen LogP contribution is -2.43. The van der Waals surface area contributed by atoms with Gasteiger partial charge >= 0.3 is 0 Å². The van der Waals surface area contributed by atoms with Crippen molar-refractivity contribution in [2.24, 2.45) is 5.41 Å². The van der Waals surface area contributed by atoms with Crippen molar-refractivity contribution < 1.29 is 14.1 Å². The van der Waals surface area contributed by atoms with Gasteiger partial charge in [-0.05, 0) is 19.8 Å². The largest absolute Gasteiger partial charge is 0.381 e. The van der Waals surface area contributed by atoms with Gasteiger partial charge in [-0.3, -0.25) is 4.79 Å². The predicted octanol–water partition coefficient (Wildman–Crippen LogP) is 0.315. The van der Waals surface area contributed by atoms with Crippen LogP contribution in [-0.4, -0.2) is 29.3 Å². The number of aryl methyl sites for hydroxylation is 1. The lowest BCUT2D eigenvalue weighted by atomic mass is 9.81. The minimum atomic E-state index is -0.993. The van der Waals surface area contributed by atoms with E-state index in [4.69, 9.17) is 9.26 Å². The van der Waals surface area contributed by atoms with Crippen LogP contribution >= 0.6 is 0 Å². The average molecular weight is 250 g/mol. The minimum absolute atomic E-state index is 0.143. The summed E-state index contributed by atoms with van der Waals surface area (Å²) in [5.74, 6) is 0.547. The molecular formula is C11H14N4O3. The van der Waals surface area contributed by atoms with E-state index >= 15 is 0 Å². The summed E-state index contributed by atoms with van der Waals surface area (Å²) in [7, 11) is 0. The van der Waals surface area contributed by atoms with Crippen molar-refractivity contribution in [1.82, 2.24) is 15.5 Å². The van der Waals surface area contributed by atoms with Crippen molar-refractivity contribution in [2.45, 2.75) is 26.3 Å². The summed E-state index contributed by atoms with van der Waals surface area (Å²) in [6.45, 7) is 2.70. The monoisotopic (exact) mass is 250 g/mol. The summed E-state index contributed by atoms with van der Waals surface area (Å²) in [5.41, 5.74) is -0.993. The third-order valence-electron chi connectivity index (χ3n) is 2.96. The summed E-state index contributed by atoms with van der Waals surface area (Å²) in [6, 6.07) is 2.10. The van der Waals surface area contributed by atoms with E-state index in [0.717, 1.165) is 0 Å². The number of aromatic nitrogens is 2. The molecule has 0 radical (unpaired) electrons. The number of nitrogens with zero attached hydrogens (tertiary/aromatic N) is 3. The average Bonchev–Trinajstić information content (AvgIpc) is 2.82. The molecule has 7 heteroatoms. The highest BCUT2D eigenvalue weighted by molar-refractivity contribution is 5.85. The van der Waals surface area contributed by atoms with Crippen molar-refractivity contribution in [3.05, 3.63) is 11.7 Å². The Balaban J connectivity index is 1.96. The molecule has 1 aromatic heterocycles. The van der Waals surface area contributed by atoms with Crippen LogP contribution in [0.25, 0.3) is 0 Å². The molecule has 18 heavy (non-hydrogen) atoms. The normalized spacial score (nSPS) is 18.0. The smallest absolute Gasteiger partial charge is 0.246 e. The first-order valence-corrected chi connectivity index (χ1v) is 5.73. The van der Waals surface area contributed by atoms with Crippen molar-refractivity contribution in [3.8, 4) is 6.07 Å². The first-order chi connectivity index (χ1) is 8.66. The highest BCUT2D eigenvalue weighted by Gasteiger charge is 2.40. The number of amides is 1. The van der Waals surface area contributed by atoms with Gasteiger partial charge in [0.25, 0.3) is 0 Å². The van der Waals surface area contributed by atoms with Crippen LogP contribution in [0.5, 0.6) is 0 Å². The first kappa shape index (κ1) is 12.5. The number of carbonyl (C=O) groups excluding carboxylic acids is 1. The standard InChI is InChI=1S/C11H14N4O3/c1-8-14-9(18-15-8)6-13-10(16)11(7-12)2-4-17-5-3-11/h2-6H2,1H3,(H,13,16). The Labute approximate surface area is 104 Å². The number of carbonyl (C=O) groups is 1. The molecule has 0 saturated carbocycles. The Hall–Kier alpha value is -1.94. The molecule has 1 saturated heterocycles. The molecule has 1 N–H and O–H groups in total. The molecule has 0 atom stereocenters. The molecule has 0 unspecified atom stereocenters. The fourth-order valence-electron chi connectivity index (χ4n) is 1.85. The van der Waals surface area contributed by atoms with Gasteiger partial charge in [0.05, 0.1) is 12.6 Å². The fourth-order valence-corrected chi connectivity index (χ4v) is 1.85. The van der Waals surface area contributed by atoms with Crippen LogP contribution in [0.2, 0.25) is 0 Å². The molecule has 1 aromatic rings. The molecular weight excluding hydrogens is 236 g/mol. The maximum Gasteiger partial charge on any atom is 0.246 e. The van der Waals surface area contributed by atoms with Crippen molar-refractivity contribution in [2.75, 3.05) is 13.2 Å². The Morgan fingerprint density at radius 2 is 2.28 bits per heavy atom. The number of ether oxygens (including phenoxy) is 1. The molecule has 0 aliphatic carbocycles. The zero-order valence-corrected chi connectivity index (χ0v) is 10.1. The zero-order chi connectivity index (χ0) is 13.0. The second-order valence-corrected chi connectivity index (χ2v) is 4.22. The van der Waals surface area contributed by atoms with Gasteiger partial charge in [0, 0.05) is 13.2 Å². The number of rotatable bonds is 3. The molecule has 0 aromatic carbocycles. The minimum Gasteiger partial charge on any atom is -0.381 e. The van der Waals surface area contributed by atoms with E-state index in [2.05, 4.69) is 21.5 Å². The molecule has 0 bridgehead atoms. The number of hydrogen-bond donors (Lipinski definition) is 1. The van der Waals surface area contributed by atoms with Crippen molar-refractivity contribution in [3.63, 3.8) is 0 Å². The highest BCUT2D eigenvalue weighted by atomic mass is 16.5. The Morgan fingerprint density at radius 3 is 2.83 bits per heavy atom. The van der Waals surface area contributed by atoms with Crippen LogP contribution in [0.1, 0.15) is 24.6 Å². The Kier molecular flexibility index (Phi) is 3.58. The van der Waals surface area contributed by atoms with Crippen molar-refractivity contribution >= 4 is 5.91 Å². The summed E-state index contributed by atoms with van der Waals surface area (Å²) < 4.78 is 10.1. The molecule has 2 rings (SSSR count). The Bertz CT molecular complexity index is 471. The van der Waals surface area contributed by atoms with Crippen LogP contribution in [-0.2, 0) is 16.1 Å². The maximum absolute atomic E-state index is 12.1. The number of nitriles is 1. The Morgan fingerprint density at radius 1 is 1.56 bits per heavy atom. The van der Waals surface area contributed by atoms with E-state index in [1.54, 1.807) is 6.92 Å². The van der Waals surface area contributed by atoms with E-state index in [-0.39, 0.29) is 12.5 Å². The van der Waals surface area contributed by atoms with Gasteiger partial charge in [0.2, 0.25) is 11.8 Å². The number of hydrogen-bond acceptors (Lipinski definition) is 6. The lowest BCUT2D eigenvalue weighted by Gasteiger charge is -2.28. The second kappa shape index (κ2) is 5.14. The zero-order valence-electron chi connectivity index (χ0n) is 10.1. The SMILES string of the molecule is Cc1noc(CNC(=O)C2(C#N)CCOCC2)n1. The van der Waals surface area contributed by atoms with Gasteiger partial charge in [-0.15, -0.1) is 0 Å². The second-order valence-electron chi connectivity index (χ2n) is 4.22. The van der Waals surface area contributed by atoms with Crippen LogP contribution in [0, 0.1) is 23.7 Å². The van der Waals surface area contributed by atoms with Gasteiger partial charge < -0.3 is 14.6 Å². The first-order valence-electron chi connectivity index (χ1n) is 5.73. The van der Waals surface area contributed by atoms with E-state index in [0.29, 0.717) is 37.8 Å². The van der Waals surface area contributed by atoms with Crippen LogP contribution < -0.4 is 5.32 Å². The highest BCUT2D eigenvalue weighted by Crippen LogP contribution is 2.29. The topological polar surface area (TPSA) is 101 Å². The molecule has 7 nitrogen and oxygen atoms in total. The van der Waals surface area contributed by atoms with Gasteiger partial charge in [0.15, 0.2) is 5.82 Å². The predicted molar refractivity (Wildman–Crippen MR) is 59.0 cm³/mol. The third-order valence-corrected chi connectivity index (χ3v) is 2.96. The van der Waals surface area contributed by atoms with Gasteiger partial charge in [-0.1, -0.05) is 5.16 Å². The van der Waals surface area contributed by atoms with Gasteiger partial charge in [0.1, 0.15) is 5.41 Å². The van der Waals surface area contributed by atoms with E-state index < -0.39 is 5.41 Å². The van der Waals surface area contributed by atoms with Crippen molar-refractivity contribution in [1.29, 1.82) is 5.26 Å². The fraction of sp³-hybridized carbons (Fsp3) is 0.636. The molecule has 1 fully saturated rings. The van der Waals surface area contributed by atoms with E-state index in [1.165, 1.54) is 0 Å². The molecule has 1 amide bonds. The third kappa shape index (κ3) is 2.49. The molecule has 0 spiro atoms. The quantitative estimate of drug-likeness (QED) is 0.828. The van der Waals surface area contributed by atoms with Crippen LogP contribution in [0.3, 0.4) is 0 Å². The van der Waals surface area contributed by atoms with E-state index in [9.17, 15) is 10.1 Å². The summed E-state index contributed by atoms with van der Waals surface area (Å²) in [4.78, 5) is 16.0. The summed E-state index contributed by atoms with van der Waals surface area (Å²) in [5, 5.41) is 15.5. The van der Waals surface area contributed by atoms with Crippen LogP contribution in [0.15, 0.2) is 4.52 Å². The number of nitrogens with one attached hydrogen (secondary N) is 1. The summed E-state index contributed by atoms with van der Waals surface area (Å²) in [6.07, 6.45) is 0.830. The molecule has 96 valence electrons. The molecule has 2 heterocycles. The van der Waals surface area contributed by atoms with Crippen LogP contribution in [0.4, 0.5) is 0 Å².